The van der Waals surface area contributed by atoms with Crippen molar-refractivity contribution in [3.63, 3.8) is 0 Å². The number of nitrogens with zero attached hydrogens (tertiary/aromatic N) is 3. The highest BCUT2D eigenvalue weighted by Crippen LogP contribution is 2.27. The minimum Gasteiger partial charge on any atom is -0.342 e. The van der Waals surface area contributed by atoms with E-state index in [0.29, 0.717) is 12.3 Å². The van der Waals surface area contributed by atoms with Crippen LogP contribution in [0.5, 0.6) is 0 Å². The van der Waals surface area contributed by atoms with Gasteiger partial charge in [0.25, 0.3) is 0 Å². The molecule has 1 atom stereocenters. The van der Waals surface area contributed by atoms with Crippen molar-refractivity contribution in [1.29, 1.82) is 0 Å². The Bertz CT molecular complexity index is 956. The lowest BCUT2D eigenvalue weighted by molar-refractivity contribution is -0.131. The van der Waals surface area contributed by atoms with Gasteiger partial charge in [-0.15, -0.1) is 0 Å². The van der Waals surface area contributed by atoms with Crippen molar-refractivity contribution in [1.82, 2.24) is 14.9 Å². The van der Waals surface area contributed by atoms with Crippen LogP contribution in [0, 0.1) is 6.92 Å². The maximum atomic E-state index is 12.8. The van der Waals surface area contributed by atoms with Crippen molar-refractivity contribution in [2.75, 3.05) is 13.1 Å². The van der Waals surface area contributed by atoms with E-state index in [4.69, 9.17) is 4.98 Å². The fraction of sp³-hybridized carbons (Fsp3) is 0.320. The Morgan fingerprint density at radius 3 is 2.69 bits per heavy atom. The first-order chi connectivity index (χ1) is 14.2. The minimum atomic E-state index is 0.158. The van der Waals surface area contributed by atoms with Crippen molar-refractivity contribution >= 4 is 5.91 Å². The SMILES string of the molecule is Cc1cc(Cc2ccccc2)cc(C2CCCN(C(=O)Cc3ccccn3)C2)n1. The number of carbonyl (C=O) groups is 1. The molecular weight excluding hydrogens is 358 g/mol. The standard InChI is InChI=1S/C25H27N3O/c1-19-14-21(15-20-8-3-2-4-9-20)16-24(27-19)22-10-7-13-28(18-22)25(29)17-23-11-5-6-12-26-23/h2-6,8-9,11-12,14,16,22H,7,10,13,15,17-18H2,1H3. The molecule has 3 heterocycles. The van der Waals surface area contributed by atoms with Crippen LogP contribution in [0.15, 0.2) is 66.9 Å². The molecule has 0 spiro atoms. The van der Waals surface area contributed by atoms with Crippen LogP contribution >= 0.6 is 0 Å². The molecule has 1 aromatic carbocycles. The van der Waals surface area contributed by atoms with Crippen molar-refractivity contribution in [2.24, 2.45) is 0 Å². The van der Waals surface area contributed by atoms with E-state index in [1.165, 1.54) is 11.1 Å². The predicted molar refractivity (Wildman–Crippen MR) is 115 cm³/mol. The summed E-state index contributed by atoms with van der Waals surface area (Å²) in [7, 11) is 0. The molecule has 4 rings (SSSR count). The van der Waals surface area contributed by atoms with E-state index in [1.807, 2.05) is 29.2 Å². The number of piperidine rings is 1. The first kappa shape index (κ1) is 19.3. The summed E-state index contributed by atoms with van der Waals surface area (Å²) in [6.45, 7) is 3.63. The van der Waals surface area contributed by atoms with Crippen LogP contribution in [-0.4, -0.2) is 33.9 Å². The molecule has 3 aromatic rings. The summed E-state index contributed by atoms with van der Waals surface area (Å²) in [4.78, 5) is 23.9. The zero-order valence-corrected chi connectivity index (χ0v) is 16.9. The van der Waals surface area contributed by atoms with Gasteiger partial charge in [-0.05, 0) is 61.6 Å². The average molecular weight is 386 g/mol. The maximum absolute atomic E-state index is 12.8. The largest absolute Gasteiger partial charge is 0.342 e. The third kappa shape index (κ3) is 5.08. The van der Waals surface area contributed by atoms with Crippen molar-refractivity contribution in [3.8, 4) is 0 Å². The number of carbonyl (C=O) groups excluding carboxylic acids is 1. The molecule has 1 aliphatic rings. The highest BCUT2D eigenvalue weighted by Gasteiger charge is 2.26. The van der Waals surface area contributed by atoms with Gasteiger partial charge in [-0.1, -0.05) is 36.4 Å². The second-order valence-electron chi connectivity index (χ2n) is 7.88. The average Bonchev–Trinajstić information content (AvgIpc) is 2.75. The second kappa shape index (κ2) is 8.99. The molecule has 1 fully saturated rings. The van der Waals surface area contributed by atoms with Gasteiger partial charge >= 0.3 is 0 Å². The van der Waals surface area contributed by atoms with Crippen LogP contribution in [0.4, 0.5) is 0 Å². The van der Waals surface area contributed by atoms with Crippen LogP contribution in [0.2, 0.25) is 0 Å². The van der Waals surface area contributed by atoms with E-state index in [2.05, 4.69) is 48.3 Å². The van der Waals surface area contributed by atoms with E-state index in [0.717, 1.165) is 49.4 Å². The summed E-state index contributed by atoms with van der Waals surface area (Å²) in [5, 5.41) is 0. The predicted octanol–water partition coefficient (Wildman–Crippen LogP) is 4.32. The van der Waals surface area contributed by atoms with Gasteiger partial charge < -0.3 is 4.90 Å². The topological polar surface area (TPSA) is 46.1 Å². The molecule has 1 aliphatic heterocycles. The summed E-state index contributed by atoms with van der Waals surface area (Å²) in [6, 6.07) is 20.7. The number of amides is 1. The van der Waals surface area contributed by atoms with Crippen molar-refractivity contribution in [2.45, 2.75) is 38.5 Å². The van der Waals surface area contributed by atoms with Crippen LogP contribution in [0.1, 0.15) is 47.0 Å². The number of likely N-dealkylation sites (tertiary alicyclic amines) is 1. The third-order valence-electron chi connectivity index (χ3n) is 5.53. The molecule has 0 N–H and O–H groups in total. The number of hydrogen-bond donors (Lipinski definition) is 0. The highest BCUT2D eigenvalue weighted by molar-refractivity contribution is 5.78. The Kier molecular flexibility index (Phi) is 5.99. The molecule has 4 heteroatoms. The first-order valence-corrected chi connectivity index (χ1v) is 10.4. The molecular formula is C25H27N3O. The zero-order chi connectivity index (χ0) is 20.1. The van der Waals surface area contributed by atoms with Gasteiger partial charge in [0.15, 0.2) is 0 Å². The summed E-state index contributed by atoms with van der Waals surface area (Å²) in [6.07, 6.45) is 5.11. The number of pyridine rings is 2. The van der Waals surface area contributed by atoms with E-state index < -0.39 is 0 Å². The van der Waals surface area contributed by atoms with E-state index >= 15 is 0 Å². The first-order valence-electron chi connectivity index (χ1n) is 10.4. The fourth-order valence-corrected chi connectivity index (χ4v) is 4.13. The normalized spacial score (nSPS) is 16.6. The number of aromatic nitrogens is 2. The Hall–Kier alpha value is -3.01. The summed E-state index contributed by atoms with van der Waals surface area (Å²) in [5.41, 5.74) is 5.59. The molecule has 1 unspecified atom stereocenters. The molecule has 29 heavy (non-hydrogen) atoms. The van der Waals surface area contributed by atoms with E-state index in [1.54, 1.807) is 6.20 Å². The summed E-state index contributed by atoms with van der Waals surface area (Å²) >= 11 is 0. The lowest BCUT2D eigenvalue weighted by Crippen LogP contribution is -2.40. The molecule has 0 saturated carbocycles. The fourth-order valence-electron chi connectivity index (χ4n) is 4.13. The smallest absolute Gasteiger partial charge is 0.228 e. The van der Waals surface area contributed by atoms with Crippen LogP contribution < -0.4 is 0 Å². The zero-order valence-electron chi connectivity index (χ0n) is 16.9. The van der Waals surface area contributed by atoms with Gasteiger partial charge in [0, 0.05) is 42.3 Å². The quantitative estimate of drug-likeness (QED) is 0.657. The molecule has 4 nitrogen and oxygen atoms in total. The Labute approximate surface area is 172 Å². The lowest BCUT2D eigenvalue weighted by Gasteiger charge is -2.33. The van der Waals surface area contributed by atoms with Gasteiger partial charge in [-0.2, -0.15) is 0 Å². The molecule has 1 amide bonds. The van der Waals surface area contributed by atoms with Crippen molar-refractivity contribution < 1.29 is 4.79 Å². The van der Waals surface area contributed by atoms with Gasteiger partial charge in [-0.3, -0.25) is 14.8 Å². The Balaban J connectivity index is 1.47. The molecule has 148 valence electrons. The van der Waals surface area contributed by atoms with Crippen LogP contribution in [0.25, 0.3) is 0 Å². The number of aryl methyl sites for hydroxylation is 1. The number of benzene rings is 1. The van der Waals surface area contributed by atoms with Gasteiger partial charge in [0.1, 0.15) is 0 Å². The van der Waals surface area contributed by atoms with Crippen LogP contribution in [0.3, 0.4) is 0 Å². The maximum Gasteiger partial charge on any atom is 0.228 e. The lowest BCUT2D eigenvalue weighted by atomic mass is 9.92. The molecule has 0 bridgehead atoms. The summed E-state index contributed by atoms with van der Waals surface area (Å²) in [5.74, 6) is 0.455. The Morgan fingerprint density at radius 2 is 1.90 bits per heavy atom. The van der Waals surface area contributed by atoms with Gasteiger partial charge in [0.2, 0.25) is 5.91 Å². The van der Waals surface area contributed by atoms with E-state index in [9.17, 15) is 4.79 Å². The van der Waals surface area contributed by atoms with Crippen molar-refractivity contribution in [3.05, 3.63) is 95.1 Å². The molecule has 0 aliphatic carbocycles. The number of hydrogen-bond acceptors (Lipinski definition) is 3. The molecule has 2 aromatic heterocycles. The highest BCUT2D eigenvalue weighted by atomic mass is 16.2. The van der Waals surface area contributed by atoms with Gasteiger partial charge in [0.05, 0.1) is 6.42 Å². The number of rotatable bonds is 5. The monoisotopic (exact) mass is 385 g/mol. The van der Waals surface area contributed by atoms with E-state index in [-0.39, 0.29) is 5.91 Å². The molecule has 1 saturated heterocycles. The minimum absolute atomic E-state index is 0.158. The third-order valence-corrected chi connectivity index (χ3v) is 5.53. The van der Waals surface area contributed by atoms with Crippen LogP contribution in [-0.2, 0) is 17.6 Å². The summed E-state index contributed by atoms with van der Waals surface area (Å²) < 4.78 is 0. The van der Waals surface area contributed by atoms with Gasteiger partial charge in [-0.25, -0.2) is 0 Å². The Morgan fingerprint density at radius 1 is 1.07 bits per heavy atom. The second-order valence-corrected chi connectivity index (χ2v) is 7.88. The molecule has 0 radical (unpaired) electrons.